The average molecular weight is 248 g/mol. The predicted molar refractivity (Wildman–Crippen MR) is 70.2 cm³/mol. The van der Waals surface area contributed by atoms with Gasteiger partial charge in [0.1, 0.15) is 10.8 Å². The van der Waals surface area contributed by atoms with E-state index in [4.69, 9.17) is 0 Å². The minimum absolute atomic E-state index is 0.317. The van der Waals surface area contributed by atoms with Crippen LogP contribution < -0.4 is 5.32 Å². The Morgan fingerprint density at radius 3 is 2.76 bits per heavy atom. The maximum atomic E-state index is 9.20. The van der Waals surface area contributed by atoms with Crippen LogP contribution in [0.5, 0.6) is 5.75 Å². The normalized spacial score (nSPS) is 12.5. The van der Waals surface area contributed by atoms with Crippen molar-refractivity contribution in [2.45, 2.75) is 25.9 Å². The number of phenols is 1. The van der Waals surface area contributed by atoms with Gasteiger partial charge < -0.3 is 10.4 Å². The van der Waals surface area contributed by atoms with Crippen LogP contribution in [0.4, 0.5) is 0 Å². The second kappa shape index (κ2) is 5.80. The summed E-state index contributed by atoms with van der Waals surface area (Å²) in [6.45, 7) is 2.97. The molecule has 0 aliphatic heterocycles. The van der Waals surface area contributed by atoms with Gasteiger partial charge in [-0.1, -0.05) is 12.1 Å². The summed E-state index contributed by atoms with van der Waals surface area (Å²) in [6, 6.07) is 7.75. The van der Waals surface area contributed by atoms with E-state index >= 15 is 0 Å². The molecule has 3 nitrogen and oxygen atoms in total. The lowest BCUT2D eigenvalue weighted by Gasteiger charge is -2.12. The van der Waals surface area contributed by atoms with Gasteiger partial charge >= 0.3 is 0 Å². The minimum Gasteiger partial charge on any atom is -0.508 e. The van der Waals surface area contributed by atoms with Crippen molar-refractivity contribution in [3.63, 3.8) is 0 Å². The highest BCUT2D eigenvalue weighted by atomic mass is 32.1. The van der Waals surface area contributed by atoms with Gasteiger partial charge in [-0.3, -0.25) is 0 Å². The SMILES string of the molecule is CC(Cc1ccc(O)cc1)NCc1nccs1. The number of thiazole rings is 1. The van der Waals surface area contributed by atoms with Gasteiger partial charge in [0.05, 0.1) is 0 Å². The van der Waals surface area contributed by atoms with Crippen LogP contribution in [0.15, 0.2) is 35.8 Å². The highest BCUT2D eigenvalue weighted by Gasteiger charge is 2.04. The first-order valence-electron chi connectivity index (χ1n) is 5.63. The van der Waals surface area contributed by atoms with Crippen molar-refractivity contribution >= 4 is 11.3 Å². The summed E-state index contributed by atoms with van der Waals surface area (Å²) in [4.78, 5) is 4.23. The molecule has 1 heterocycles. The van der Waals surface area contributed by atoms with Crippen molar-refractivity contribution in [3.05, 3.63) is 46.4 Å². The Morgan fingerprint density at radius 1 is 1.35 bits per heavy atom. The molecule has 0 saturated carbocycles. The van der Waals surface area contributed by atoms with Gasteiger partial charge in [-0.05, 0) is 31.0 Å². The van der Waals surface area contributed by atoms with Crippen LogP contribution in [-0.2, 0) is 13.0 Å². The molecule has 0 aliphatic rings. The van der Waals surface area contributed by atoms with Gasteiger partial charge in [-0.15, -0.1) is 11.3 Å². The summed E-state index contributed by atoms with van der Waals surface area (Å²) >= 11 is 1.67. The largest absolute Gasteiger partial charge is 0.508 e. The fourth-order valence-corrected chi connectivity index (χ4v) is 2.23. The standard InChI is InChI=1S/C13H16N2OS/c1-10(15-9-13-14-6-7-17-13)8-11-2-4-12(16)5-3-11/h2-7,10,15-16H,8-9H2,1H3. The average Bonchev–Trinajstić information content (AvgIpc) is 2.83. The lowest BCUT2D eigenvalue weighted by Crippen LogP contribution is -2.27. The Bertz CT molecular complexity index is 439. The van der Waals surface area contributed by atoms with Crippen LogP contribution >= 0.6 is 11.3 Å². The molecule has 1 unspecified atom stereocenters. The number of benzene rings is 1. The van der Waals surface area contributed by atoms with Gasteiger partial charge in [0.25, 0.3) is 0 Å². The fourth-order valence-electron chi connectivity index (χ4n) is 1.66. The van der Waals surface area contributed by atoms with Gasteiger partial charge in [-0.25, -0.2) is 4.98 Å². The van der Waals surface area contributed by atoms with Crippen LogP contribution in [0.2, 0.25) is 0 Å². The zero-order valence-corrected chi connectivity index (χ0v) is 10.6. The number of aromatic hydroxyl groups is 1. The van der Waals surface area contributed by atoms with E-state index in [9.17, 15) is 5.11 Å². The summed E-state index contributed by atoms with van der Waals surface area (Å²) < 4.78 is 0. The Kier molecular flexibility index (Phi) is 4.12. The molecule has 4 heteroatoms. The summed E-state index contributed by atoms with van der Waals surface area (Å²) in [5, 5.41) is 15.7. The van der Waals surface area contributed by atoms with Gasteiger partial charge in [0.15, 0.2) is 0 Å². The maximum absolute atomic E-state index is 9.20. The molecule has 2 rings (SSSR count). The fraction of sp³-hybridized carbons (Fsp3) is 0.308. The molecule has 1 aromatic heterocycles. The molecule has 0 fully saturated rings. The number of aromatic nitrogens is 1. The zero-order valence-electron chi connectivity index (χ0n) is 9.76. The van der Waals surface area contributed by atoms with Crippen LogP contribution in [0, 0.1) is 0 Å². The molecule has 2 N–H and O–H groups in total. The van der Waals surface area contributed by atoms with Crippen LogP contribution in [0.25, 0.3) is 0 Å². The van der Waals surface area contributed by atoms with E-state index in [0.717, 1.165) is 18.0 Å². The molecular formula is C13H16N2OS. The monoisotopic (exact) mass is 248 g/mol. The van der Waals surface area contributed by atoms with Crippen LogP contribution in [0.3, 0.4) is 0 Å². The molecule has 0 spiro atoms. The van der Waals surface area contributed by atoms with Gasteiger partial charge in [0.2, 0.25) is 0 Å². The predicted octanol–water partition coefficient (Wildman–Crippen LogP) is 2.57. The number of hydrogen-bond donors (Lipinski definition) is 2. The number of nitrogens with zero attached hydrogens (tertiary/aromatic N) is 1. The molecule has 0 aliphatic carbocycles. The van der Waals surface area contributed by atoms with E-state index in [1.807, 2.05) is 23.7 Å². The Morgan fingerprint density at radius 2 is 2.12 bits per heavy atom. The molecule has 0 radical (unpaired) electrons. The van der Waals surface area contributed by atoms with E-state index in [2.05, 4.69) is 17.2 Å². The van der Waals surface area contributed by atoms with Crippen LogP contribution in [-0.4, -0.2) is 16.1 Å². The van der Waals surface area contributed by atoms with Crippen molar-refractivity contribution in [1.29, 1.82) is 0 Å². The summed E-state index contributed by atoms with van der Waals surface area (Å²) in [5.41, 5.74) is 1.22. The molecule has 2 aromatic rings. The van der Waals surface area contributed by atoms with Crippen molar-refractivity contribution in [2.75, 3.05) is 0 Å². The first-order valence-corrected chi connectivity index (χ1v) is 6.51. The quantitative estimate of drug-likeness (QED) is 0.855. The van der Waals surface area contributed by atoms with Crippen molar-refractivity contribution in [3.8, 4) is 5.75 Å². The minimum atomic E-state index is 0.317. The first kappa shape index (κ1) is 12.1. The van der Waals surface area contributed by atoms with Gasteiger partial charge in [-0.2, -0.15) is 0 Å². The maximum Gasteiger partial charge on any atom is 0.115 e. The molecule has 0 amide bonds. The Balaban J connectivity index is 1.80. The zero-order chi connectivity index (χ0) is 12.1. The van der Waals surface area contributed by atoms with Gasteiger partial charge in [0, 0.05) is 24.2 Å². The van der Waals surface area contributed by atoms with Crippen molar-refractivity contribution in [2.24, 2.45) is 0 Å². The molecule has 1 atom stereocenters. The lowest BCUT2D eigenvalue weighted by molar-refractivity contribution is 0.474. The van der Waals surface area contributed by atoms with E-state index in [1.165, 1.54) is 5.56 Å². The highest BCUT2D eigenvalue weighted by molar-refractivity contribution is 7.09. The van der Waals surface area contributed by atoms with E-state index in [1.54, 1.807) is 23.5 Å². The second-order valence-corrected chi connectivity index (χ2v) is 5.06. The third-order valence-electron chi connectivity index (χ3n) is 2.56. The van der Waals surface area contributed by atoms with E-state index in [-0.39, 0.29) is 0 Å². The van der Waals surface area contributed by atoms with E-state index < -0.39 is 0 Å². The van der Waals surface area contributed by atoms with Crippen molar-refractivity contribution < 1.29 is 5.11 Å². The number of rotatable bonds is 5. The molecule has 90 valence electrons. The summed E-state index contributed by atoms with van der Waals surface area (Å²) in [5.74, 6) is 0.317. The molecule has 0 bridgehead atoms. The number of hydrogen-bond acceptors (Lipinski definition) is 4. The Hall–Kier alpha value is -1.39. The molecule has 17 heavy (non-hydrogen) atoms. The third-order valence-corrected chi connectivity index (χ3v) is 3.34. The smallest absolute Gasteiger partial charge is 0.115 e. The summed E-state index contributed by atoms with van der Waals surface area (Å²) in [6.07, 6.45) is 2.78. The molecular weight excluding hydrogens is 232 g/mol. The molecule has 0 saturated heterocycles. The Labute approximate surface area is 105 Å². The number of phenolic OH excluding ortho intramolecular Hbond substituents is 1. The molecule has 1 aromatic carbocycles. The van der Waals surface area contributed by atoms with Crippen LogP contribution in [0.1, 0.15) is 17.5 Å². The highest BCUT2D eigenvalue weighted by Crippen LogP contribution is 2.11. The van der Waals surface area contributed by atoms with E-state index in [0.29, 0.717) is 11.8 Å². The number of nitrogens with one attached hydrogen (secondary N) is 1. The third kappa shape index (κ3) is 3.84. The topological polar surface area (TPSA) is 45.1 Å². The van der Waals surface area contributed by atoms with Crippen molar-refractivity contribution in [1.82, 2.24) is 10.3 Å². The summed E-state index contributed by atoms with van der Waals surface area (Å²) in [7, 11) is 0. The second-order valence-electron chi connectivity index (χ2n) is 4.08. The lowest BCUT2D eigenvalue weighted by atomic mass is 10.1. The first-order chi connectivity index (χ1) is 8.24.